The predicted molar refractivity (Wildman–Crippen MR) is 139 cm³/mol. The summed E-state index contributed by atoms with van der Waals surface area (Å²) in [5.74, 6) is 1.11. The zero-order valence-electron chi connectivity index (χ0n) is 18.4. The Bertz CT molecular complexity index is 1350. The molecule has 0 unspecified atom stereocenters. The third kappa shape index (κ3) is 6.27. The van der Waals surface area contributed by atoms with Gasteiger partial charge in [-0.2, -0.15) is 0 Å². The topological polar surface area (TPSA) is 83.1 Å². The van der Waals surface area contributed by atoms with Gasteiger partial charge < -0.3 is 4.74 Å². The summed E-state index contributed by atoms with van der Waals surface area (Å²) in [6.07, 6.45) is 0. The lowest BCUT2D eigenvalue weighted by molar-refractivity contribution is -0.479. The Hall–Kier alpha value is -2.78. The van der Waals surface area contributed by atoms with E-state index in [1.54, 1.807) is 36.4 Å². The molecule has 35 heavy (non-hydrogen) atoms. The van der Waals surface area contributed by atoms with Crippen molar-refractivity contribution in [3.63, 3.8) is 0 Å². The van der Waals surface area contributed by atoms with Crippen molar-refractivity contribution in [3.8, 4) is 11.4 Å². The van der Waals surface area contributed by atoms with E-state index in [0.717, 1.165) is 11.3 Å². The molecule has 7 nitrogen and oxygen atoms in total. The van der Waals surface area contributed by atoms with Gasteiger partial charge in [-0.3, -0.25) is 14.7 Å². The Morgan fingerprint density at radius 2 is 1.77 bits per heavy atom. The van der Waals surface area contributed by atoms with Crippen molar-refractivity contribution in [2.75, 3.05) is 6.54 Å². The van der Waals surface area contributed by atoms with Crippen molar-refractivity contribution < 1.29 is 9.66 Å². The van der Waals surface area contributed by atoms with E-state index in [-0.39, 0.29) is 18.1 Å². The van der Waals surface area contributed by atoms with E-state index in [0.29, 0.717) is 37.4 Å². The summed E-state index contributed by atoms with van der Waals surface area (Å²) in [7, 11) is 0. The molecule has 0 radical (unpaired) electrons. The third-order valence-electron chi connectivity index (χ3n) is 5.11. The first kappa shape index (κ1) is 25.3. The number of ether oxygens (including phenoxy) is 1. The van der Waals surface area contributed by atoms with E-state index in [2.05, 4.69) is 10.2 Å². The highest BCUT2D eigenvalue weighted by molar-refractivity contribution is 7.99. The maximum absolute atomic E-state index is 11.5. The summed E-state index contributed by atoms with van der Waals surface area (Å²) in [6, 6.07) is 19.7. The molecule has 0 aliphatic carbocycles. The quantitative estimate of drug-likeness (QED) is 0.124. The minimum Gasteiger partial charge on any atom is -0.487 e. The Labute approximate surface area is 221 Å². The predicted octanol–water partition coefficient (Wildman–Crippen LogP) is 7.23. The van der Waals surface area contributed by atoms with Crippen molar-refractivity contribution in [1.29, 1.82) is 0 Å². The molecular formula is C24H19Cl3N4O3S. The van der Waals surface area contributed by atoms with E-state index in [9.17, 15) is 10.1 Å². The number of aryl methyl sites for hydroxylation is 1. The fraction of sp³-hybridized carbons (Fsp3) is 0.167. The van der Waals surface area contributed by atoms with Gasteiger partial charge >= 0.3 is 0 Å². The number of rotatable bonds is 9. The Morgan fingerprint density at radius 1 is 1.03 bits per heavy atom. The number of hydrogen-bond donors (Lipinski definition) is 0. The average molecular weight is 550 g/mol. The maximum Gasteiger partial charge on any atom is 0.220 e. The highest BCUT2D eigenvalue weighted by atomic mass is 35.5. The largest absolute Gasteiger partial charge is 0.487 e. The van der Waals surface area contributed by atoms with Crippen LogP contribution >= 0.6 is 46.6 Å². The standard InChI is InChI=1S/C24H19Cl3N4O3S/c1-15-28-29-24(31(15)19-9-7-18(25)8-10-19)35-23(13-30(32)33)16-6-11-22(21(27)12-16)34-14-17-4-2-3-5-20(17)26/h2-12,23H,13-14H2,1H3/t23-/m1/s1. The molecule has 0 saturated heterocycles. The van der Waals surface area contributed by atoms with Gasteiger partial charge in [0.1, 0.15) is 23.4 Å². The lowest BCUT2D eigenvalue weighted by atomic mass is 10.1. The molecular weight excluding hydrogens is 531 g/mol. The van der Waals surface area contributed by atoms with Gasteiger partial charge in [-0.05, 0) is 55.0 Å². The smallest absolute Gasteiger partial charge is 0.220 e. The van der Waals surface area contributed by atoms with Crippen LogP contribution in [-0.2, 0) is 6.61 Å². The normalized spacial score (nSPS) is 11.9. The number of aromatic nitrogens is 3. The first-order valence-electron chi connectivity index (χ1n) is 10.4. The van der Waals surface area contributed by atoms with Crippen LogP contribution in [0.5, 0.6) is 5.75 Å². The molecule has 0 bridgehead atoms. The summed E-state index contributed by atoms with van der Waals surface area (Å²) in [4.78, 5) is 11.1. The van der Waals surface area contributed by atoms with Gasteiger partial charge in [-0.15, -0.1) is 10.2 Å². The summed E-state index contributed by atoms with van der Waals surface area (Å²) < 4.78 is 7.66. The van der Waals surface area contributed by atoms with Gasteiger partial charge in [0.05, 0.1) is 5.02 Å². The van der Waals surface area contributed by atoms with Crippen LogP contribution in [0.4, 0.5) is 0 Å². The Kier molecular flexibility index (Phi) is 8.18. The molecule has 0 spiro atoms. The second-order valence-corrected chi connectivity index (χ2v) is 9.95. The second kappa shape index (κ2) is 11.3. The monoisotopic (exact) mass is 548 g/mol. The molecule has 1 aromatic heterocycles. The average Bonchev–Trinajstić information content (AvgIpc) is 3.19. The number of benzene rings is 3. The molecule has 0 fully saturated rings. The number of thioether (sulfide) groups is 1. The Balaban J connectivity index is 1.58. The van der Waals surface area contributed by atoms with E-state index in [1.165, 1.54) is 11.8 Å². The van der Waals surface area contributed by atoms with E-state index >= 15 is 0 Å². The van der Waals surface area contributed by atoms with Crippen LogP contribution in [0.1, 0.15) is 22.2 Å². The maximum atomic E-state index is 11.5. The lowest BCUT2D eigenvalue weighted by Gasteiger charge is -2.16. The van der Waals surface area contributed by atoms with Crippen LogP contribution in [-0.4, -0.2) is 26.2 Å². The van der Waals surface area contributed by atoms with Gasteiger partial charge in [0.2, 0.25) is 6.54 Å². The van der Waals surface area contributed by atoms with Crippen molar-refractivity contribution in [2.45, 2.75) is 23.9 Å². The minimum absolute atomic E-state index is 0.245. The van der Waals surface area contributed by atoms with Gasteiger partial charge in [0, 0.05) is 26.2 Å². The number of nitro groups is 1. The summed E-state index contributed by atoms with van der Waals surface area (Å²) >= 11 is 19.9. The molecule has 0 saturated carbocycles. The van der Waals surface area contributed by atoms with Gasteiger partial charge in [-0.25, -0.2) is 0 Å². The van der Waals surface area contributed by atoms with Gasteiger partial charge in [0.15, 0.2) is 5.16 Å². The number of hydrogen-bond acceptors (Lipinski definition) is 6. The summed E-state index contributed by atoms with van der Waals surface area (Å²) in [6.45, 7) is 1.73. The SMILES string of the molecule is Cc1nnc(S[C@H](C[N+](=O)[O-])c2ccc(OCc3ccccc3Cl)c(Cl)c2)n1-c1ccc(Cl)cc1. The van der Waals surface area contributed by atoms with Crippen molar-refractivity contribution in [1.82, 2.24) is 14.8 Å². The fourth-order valence-corrected chi connectivity index (χ4v) is 5.11. The highest BCUT2D eigenvalue weighted by Gasteiger charge is 2.24. The molecule has 0 aliphatic heterocycles. The van der Waals surface area contributed by atoms with Gasteiger partial charge in [-0.1, -0.05) is 70.8 Å². The van der Waals surface area contributed by atoms with Crippen LogP contribution in [0.2, 0.25) is 15.1 Å². The second-order valence-electron chi connectivity index (χ2n) is 7.53. The lowest BCUT2D eigenvalue weighted by Crippen LogP contribution is -2.11. The Morgan fingerprint density at radius 3 is 2.46 bits per heavy atom. The van der Waals surface area contributed by atoms with E-state index in [4.69, 9.17) is 39.5 Å². The van der Waals surface area contributed by atoms with Crippen LogP contribution in [0.25, 0.3) is 5.69 Å². The number of nitrogens with zero attached hydrogens (tertiary/aromatic N) is 4. The van der Waals surface area contributed by atoms with Crippen LogP contribution < -0.4 is 4.74 Å². The molecule has 4 rings (SSSR count). The van der Waals surface area contributed by atoms with Crippen LogP contribution in [0.3, 0.4) is 0 Å². The third-order valence-corrected chi connectivity index (χ3v) is 7.21. The van der Waals surface area contributed by atoms with Crippen LogP contribution in [0.15, 0.2) is 71.9 Å². The first-order valence-corrected chi connectivity index (χ1v) is 12.4. The van der Waals surface area contributed by atoms with Crippen molar-refractivity contribution in [3.05, 3.63) is 109 Å². The molecule has 0 N–H and O–H groups in total. The molecule has 1 heterocycles. The van der Waals surface area contributed by atoms with Crippen molar-refractivity contribution >= 4 is 46.6 Å². The molecule has 0 aliphatic rings. The summed E-state index contributed by atoms with van der Waals surface area (Å²) in [5, 5.41) is 21.4. The van der Waals surface area contributed by atoms with E-state index < -0.39 is 5.25 Å². The molecule has 180 valence electrons. The number of halogens is 3. The highest BCUT2D eigenvalue weighted by Crippen LogP contribution is 2.39. The zero-order chi connectivity index (χ0) is 24.9. The first-order chi connectivity index (χ1) is 16.8. The molecule has 11 heteroatoms. The zero-order valence-corrected chi connectivity index (χ0v) is 21.5. The fourth-order valence-electron chi connectivity index (χ4n) is 3.39. The van der Waals surface area contributed by atoms with Crippen LogP contribution in [0, 0.1) is 17.0 Å². The molecule has 4 aromatic rings. The molecule has 3 aromatic carbocycles. The molecule has 0 amide bonds. The van der Waals surface area contributed by atoms with Gasteiger partial charge in [0.25, 0.3) is 0 Å². The minimum atomic E-state index is -0.560. The summed E-state index contributed by atoms with van der Waals surface area (Å²) in [5.41, 5.74) is 2.30. The van der Waals surface area contributed by atoms with E-state index in [1.807, 2.05) is 41.8 Å². The van der Waals surface area contributed by atoms with Crippen molar-refractivity contribution in [2.24, 2.45) is 0 Å². The molecule has 1 atom stereocenters.